The quantitative estimate of drug-likeness (QED) is 0.0951. The number of unbranched alkanes of at least 4 members (excludes halogenated alkanes) is 1. The number of aliphatic carboxylic acids is 1. The van der Waals surface area contributed by atoms with Crippen molar-refractivity contribution < 1.29 is 34.5 Å². The molecule has 30 heavy (non-hydrogen) atoms. The third-order valence-electron chi connectivity index (χ3n) is 4.26. The van der Waals surface area contributed by atoms with Crippen LogP contribution in [0.2, 0.25) is 0 Å². The Morgan fingerprint density at radius 2 is 1.43 bits per heavy atom. The monoisotopic (exact) mass is 451 g/mol. The number of thiol groups is 1. The predicted octanol–water partition coefficient (Wildman–Crippen LogP) is -3.33. The lowest BCUT2D eigenvalue weighted by atomic mass is 10.1. The lowest BCUT2D eigenvalue weighted by Crippen LogP contribution is -2.59. The van der Waals surface area contributed by atoms with Crippen LogP contribution in [0.4, 0.5) is 0 Å². The van der Waals surface area contributed by atoms with E-state index in [1.807, 2.05) is 0 Å². The summed E-state index contributed by atoms with van der Waals surface area (Å²) in [7, 11) is 0. The van der Waals surface area contributed by atoms with Gasteiger partial charge in [-0.1, -0.05) is 0 Å². The SMILES string of the molecule is CC(O)C(N)C(=O)NC(CCCCN)C(=O)NC(CS)C(=O)NC(C(=O)O)C(C)O. The van der Waals surface area contributed by atoms with Gasteiger partial charge in [-0.2, -0.15) is 12.6 Å². The van der Waals surface area contributed by atoms with E-state index < -0.39 is 60.1 Å². The first-order valence-corrected chi connectivity index (χ1v) is 10.2. The molecule has 0 aromatic rings. The first-order chi connectivity index (χ1) is 14.0. The van der Waals surface area contributed by atoms with Crippen LogP contribution in [0.3, 0.4) is 0 Å². The van der Waals surface area contributed by atoms with Gasteiger partial charge in [0.2, 0.25) is 17.7 Å². The summed E-state index contributed by atoms with van der Waals surface area (Å²) in [5, 5.41) is 35.0. The van der Waals surface area contributed by atoms with E-state index in [9.17, 15) is 29.4 Å². The Bertz CT molecular complexity index is 591. The zero-order valence-electron chi connectivity index (χ0n) is 17.1. The number of hydrogen-bond acceptors (Lipinski definition) is 9. The summed E-state index contributed by atoms with van der Waals surface area (Å²) in [6, 6.07) is -5.10. The van der Waals surface area contributed by atoms with Crippen molar-refractivity contribution in [1.29, 1.82) is 0 Å². The highest BCUT2D eigenvalue weighted by Gasteiger charge is 2.31. The summed E-state index contributed by atoms with van der Waals surface area (Å²) < 4.78 is 0. The Morgan fingerprint density at radius 3 is 1.87 bits per heavy atom. The van der Waals surface area contributed by atoms with Crippen LogP contribution in [-0.4, -0.2) is 87.7 Å². The van der Waals surface area contributed by atoms with Gasteiger partial charge < -0.3 is 42.7 Å². The first-order valence-electron chi connectivity index (χ1n) is 9.52. The smallest absolute Gasteiger partial charge is 0.328 e. The molecule has 0 aliphatic carbocycles. The molecule has 0 aromatic heterocycles. The summed E-state index contributed by atoms with van der Waals surface area (Å²) >= 11 is 4.00. The molecule has 0 spiro atoms. The van der Waals surface area contributed by atoms with Crippen molar-refractivity contribution in [1.82, 2.24) is 16.0 Å². The van der Waals surface area contributed by atoms with Gasteiger partial charge in [0.1, 0.15) is 18.1 Å². The van der Waals surface area contributed by atoms with Crippen molar-refractivity contribution in [2.24, 2.45) is 11.5 Å². The zero-order valence-corrected chi connectivity index (χ0v) is 18.0. The number of nitrogens with two attached hydrogens (primary N) is 2. The fraction of sp³-hybridized carbons (Fsp3) is 0.765. The molecule has 0 aliphatic rings. The number of aliphatic hydroxyl groups excluding tert-OH is 2. The molecule has 0 bridgehead atoms. The lowest BCUT2D eigenvalue weighted by molar-refractivity contribution is -0.145. The van der Waals surface area contributed by atoms with Gasteiger partial charge in [-0.3, -0.25) is 14.4 Å². The summed E-state index contributed by atoms with van der Waals surface area (Å²) in [5.74, 6) is -3.93. The van der Waals surface area contributed by atoms with Crippen molar-refractivity contribution in [2.45, 2.75) is 69.5 Å². The highest BCUT2D eigenvalue weighted by molar-refractivity contribution is 7.80. The van der Waals surface area contributed by atoms with Crippen molar-refractivity contribution in [3.63, 3.8) is 0 Å². The number of carboxylic acids is 1. The van der Waals surface area contributed by atoms with Gasteiger partial charge in [0.25, 0.3) is 0 Å². The molecular formula is C17H33N5O7S. The van der Waals surface area contributed by atoms with Gasteiger partial charge in [-0.15, -0.1) is 0 Å². The van der Waals surface area contributed by atoms with E-state index in [1.54, 1.807) is 0 Å². The molecule has 3 amide bonds. The van der Waals surface area contributed by atoms with Crippen molar-refractivity contribution >= 4 is 36.3 Å². The maximum Gasteiger partial charge on any atom is 0.328 e. The third kappa shape index (κ3) is 9.71. The Kier molecular flexibility index (Phi) is 13.2. The molecule has 0 aromatic carbocycles. The van der Waals surface area contributed by atoms with Crippen LogP contribution < -0.4 is 27.4 Å². The molecule has 0 radical (unpaired) electrons. The molecule has 0 saturated heterocycles. The number of carbonyl (C=O) groups is 4. The fourth-order valence-electron chi connectivity index (χ4n) is 2.36. The molecule has 0 rings (SSSR count). The van der Waals surface area contributed by atoms with Gasteiger partial charge in [-0.05, 0) is 39.7 Å². The number of rotatable bonds is 14. The van der Waals surface area contributed by atoms with Gasteiger partial charge in [0.15, 0.2) is 6.04 Å². The van der Waals surface area contributed by atoms with E-state index in [1.165, 1.54) is 13.8 Å². The first kappa shape index (κ1) is 28.1. The average molecular weight is 452 g/mol. The summed E-state index contributed by atoms with van der Waals surface area (Å²) in [4.78, 5) is 48.2. The van der Waals surface area contributed by atoms with E-state index in [0.717, 1.165) is 0 Å². The van der Waals surface area contributed by atoms with E-state index >= 15 is 0 Å². The minimum atomic E-state index is -1.57. The lowest BCUT2D eigenvalue weighted by Gasteiger charge is -2.25. The molecule has 0 heterocycles. The molecule has 6 atom stereocenters. The van der Waals surface area contributed by atoms with Crippen molar-refractivity contribution in [2.75, 3.05) is 12.3 Å². The van der Waals surface area contributed by atoms with Crippen LogP contribution in [-0.2, 0) is 19.2 Å². The van der Waals surface area contributed by atoms with Crippen molar-refractivity contribution in [3.05, 3.63) is 0 Å². The number of nitrogens with one attached hydrogen (secondary N) is 3. The summed E-state index contributed by atoms with van der Waals surface area (Å²) in [6.07, 6.45) is -1.21. The second kappa shape index (κ2) is 14.1. The Hall–Kier alpha value is -1.93. The minimum Gasteiger partial charge on any atom is -0.480 e. The average Bonchev–Trinajstić information content (AvgIpc) is 2.67. The molecule has 10 N–H and O–H groups in total. The second-order valence-electron chi connectivity index (χ2n) is 6.92. The van der Waals surface area contributed by atoms with E-state index in [-0.39, 0.29) is 12.2 Å². The second-order valence-corrected chi connectivity index (χ2v) is 7.29. The molecule has 13 heteroatoms. The van der Waals surface area contributed by atoms with E-state index in [4.69, 9.17) is 16.6 Å². The van der Waals surface area contributed by atoms with Gasteiger partial charge >= 0.3 is 5.97 Å². The summed E-state index contributed by atoms with van der Waals surface area (Å²) in [6.45, 7) is 2.91. The van der Waals surface area contributed by atoms with Crippen LogP contribution in [0.15, 0.2) is 0 Å². The molecule has 12 nitrogen and oxygen atoms in total. The molecule has 174 valence electrons. The fourth-order valence-corrected chi connectivity index (χ4v) is 2.61. The predicted molar refractivity (Wildman–Crippen MR) is 112 cm³/mol. The zero-order chi connectivity index (χ0) is 23.4. The molecule has 6 unspecified atom stereocenters. The number of aliphatic hydroxyl groups is 2. The Balaban J connectivity index is 5.23. The number of carboxylic acid groups (broad SMARTS) is 1. The molecule has 0 saturated carbocycles. The molecular weight excluding hydrogens is 418 g/mol. The van der Waals surface area contributed by atoms with Crippen LogP contribution in [0.25, 0.3) is 0 Å². The van der Waals surface area contributed by atoms with Crippen LogP contribution >= 0.6 is 12.6 Å². The van der Waals surface area contributed by atoms with E-state index in [2.05, 4.69) is 28.6 Å². The standard InChI is InChI=1S/C17H33N5O7S/c1-8(23)12(19)16(27)20-10(5-3-4-6-18)14(25)21-11(7-30)15(26)22-13(9(2)24)17(28)29/h8-13,23-24,30H,3-7,18-19H2,1-2H3,(H,20,27)(H,21,25)(H,22,26)(H,28,29). The topological polar surface area (TPSA) is 217 Å². The van der Waals surface area contributed by atoms with E-state index in [0.29, 0.717) is 19.4 Å². The maximum absolute atomic E-state index is 12.7. The number of carbonyl (C=O) groups excluding carboxylic acids is 3. The van der Waals surface area contributed by atoms with Gasteiger partial charge in [0, 0.05) is 5.75 Å². The van der Waals surface area contributed by atoms with Gasteiger partial charge in [0.05, 0.1) is 12.2 Å². The minimum absolute atomic E-state index is 0.166. The molecule has 0 aliphatic heterocycles. The van der Waals surface area contributed by atoms with Crippen LogP contribution in [0, 0.1) is 0 Å². The third-order valence-corrected chi connectivity index (χ3v) is 4.63. The Morgan fingerprint density at radius 1 is 0.900 bits per heavy atom. The molecule has 0 fully saturated rings. The highest BCUT2D eigenvalue weighted by atomic mass is 32.1. The largest absolute Gasteiger partial charge is 0.480 e. The van der Waals surface area contributed by atoms with Gasteiger partial charge in [-0.25, -0.2) is 4.79 Å². The maximum atomic E-state index is 12.7. The highest BCUT2D eigenvalue weighted by Crippen LogP contribution is 2.04. The van der Waals surface area contributed by atoms with Crippen LogP contribution in [0.5, 0.6) is 0 Å². The van der Waals surface area contributed by atoms with Crippen molar-refractivity contribution in [3.8, 4) is 0 Å². The van der Waals surface area contributed by atoms with Crippen LogP contribution in [0.1, 0.15) is 33.1 Å². The summed E-state index contributed by atoms with van der Waals surface area (Å²) in [5.41, 5.74) is 11.0. The number of amides is 3. The Labute approximate surface area is 180 Å². The number of hydrogen-bond donors (Lipinski definition) is 9. The normalized spacial score (nSPS) is 17.0.